The number of hydrogen-bond donors (Lipinski definition) is 2. The predicted molar refractivity (Wildman–Crippen MR) is 119 cm³/mol. The van der Waals surface area contributed by atoms with Crippen molar-refractivity contribution in [1.82, 2.24) is 15.2 Å². The second-order valence-corrected chi connectivity index (χ2v) is 8.69. The van der Waals surface area contributed by atoms with E-state index in [2.05, 4.69) is 43.4 Å². The smallest absolute Gasteiger partial charge is 0.335 e. The molecule has 9 heteroatoms. The van der Waals surface area contributed by atoms with Gasteiger partial charge >= 0.3 is 5.97 Å². The number of aromatic nitrogens is 3. The zero-order valence-electron chi connectivity index (χ0n) is 16.1. The minimum atomic E-state index is -0.970. The van der Waals surface area contributed by atoms with Gasteiger partial charge in [-0.25, -0.2) is 4.79 Å². The second kappa shape index (κ2) is 9.01. The lowest BCUT2D eigenvalue weighted by Gasteiger charge is -2.19. The number of carbonyl (C=O) groups is 1. The number of ether oxygens (including phenoxy) is 1. The normalized spacial score (nSPS) is 14.7. The molecule has 0 unspecified atom stereocenters. The zero-order chi connectivity index (χ0) is 21.1. The molecule has 0 fully saturated rings. The molecule has 4 rings (SSSR count). The van der Waals surface area contributed by atoms with E-state index in [-0.39, 0.29) is 5.56 Å². The molecule has 1 atom stereocenters. The lowest BCUT2D eigenvalue weighted by molar-refractivity contribution is 0.0696. The maximum absolute atomic E-state index is 11.2. The summed E-state index contributed by atoms with van der Waals surface area (Å²) >= 11 is 5.06. The zero-order valence-corrected chi connectivity index (χ0v) is 18.5. The monoisotopic (exact) mass is 486 g/mol. The van der Waals surface area contributed by atoms with Crippen LogP contribution in [0.4, 0.5) is 5.69 Å². The Labute approximate surface area is 186 Å². The summed E-state index contributed by atoms with van der Waals surface area (Å²) in [6.07, 6.45) is 1.61. The van der Waals surface area contributed by atoms with Gasteiger partial charge in [-0.05, 0) is 36.8 Å². The van der Waals surface area contributed by atoms with Crippen LogP contribution < -0.4 is 10.1 Å². The summed E-state index contributed by atoms with van der Waals surface area (Å²) < 4.78 is 7.12. The largest absolute Gasteiger partial charge is 0.478 e. The number of thioether (sulfide) groups is 1. The van der Waals surface area contributed by atoms with Crippen LogP contribution in [-0.4, -0.2) is 32.0 Å². The summed E-state index contributed by atoms with van der Waals surface area (Å²) in [7, 11) is 0. The van der Waals surface area contributed by atoms with Gasteiger partial charge in [0.25, 0.3) is 0 Å². The van der Waals surface area contributed by atoms with E-state index >= 15 is 0 Å². The molecule has 1 aliphatic heterocycles. The summed E-state index contributed by atoms with van der Waals surface area (Å²) in [5.41, 5.74) is 3.21. The molecular weight excluding hydrogens is 468 g/mol. The maximum atomic E-state index is 11.2. The van der Waals surface area contributed by atoms with Crippen LogP contribution >= 0.6 is 27.7 Å². The van der Waals surface area contributed by atoms with Gasteiger partial charge < -0.3 is 15.2 Å². The number of anilines is 1. The highest BCUT2D eigenvalue weighted by atomic mass is 79.9. The maximum Gasteiger partial charge on any atom is 0.335 e. The Balaban J connectivity index is 1.74. The van der Waals surface area contributed by atoms with Gasteiger partial charge in [0.15, 0.2) is 11.9 Å². The Morgan fingerprint density at radius 1 is 1.23 bits per heavy atom. The first-order valence-corrected chi connectivity index (χ1v) is 11.3. The van der Waals surface area contributed by atoms with Gasteiger partial charge in [-0.2, -0.15) is 4.98 Å². The molecule has 0 amide bonds. The van der Waals surface area contributed by atoms with Gasteiger partial charge in [-0.3, -0.25) is 0 Å². The van der Waals surface area contributed by atoms with Gasteiger partial charge in [-0.15, -0.1) is 10.2 Å². The number of hydrogen-bond acceptors (Lipinski definition) is 7. The van der Waals surface area contributed by atoms with Crippen molar-refractivity contribution in [1.29, 1.82) is 0 Å². The number of nitrogens with zero attached hydrogens (tertiary/aromatic N) is 3. The third kappa shape index (κ3) is 4.41. The predicted octanol–water partition coefficient (Wildman–Crippen LogP) is 5.39. The molecule has 1 aliphatic rings. The quantitative estimate of drug-likeness (QED) is 0.353. The van der Waals surface area contributed by atoms with E-state index < -0.39 is 12.2 Å². The summed E-state index contributed by atoms with van der Waals surface area (Å²) in [6.45, 7) is 2.14. The Morgan fingerprint density at radius 2 is 2.03 bits per heavy atom. The van der Waals surface area contributed by atoms with E-state index in [1.165, 1.54) is 0 Å². The molecule has 3 aromatic rings. The van der Waals surface area contributed by atoms with Crippen molar-refractivity contribution in [3.8, 4) is 17.1 Å². The molecule has 0 bridgehead atoms. The number of fused-ring (bicyclic) bond motifs is 3. The standard InChI is InChI=1S/C21H19BrN4O3S/c1-2-3-10-30-21-24-19-17(25-26-21)15-11-14(22)8-9-16(15)23-18(29-19)12-4-6-13(7-5-12)20(27)28/h4-9,11,18,23H,2-3,10H2,1H3,(H,27,28)/t18-/m1/s1. The highest BCUT2D eigenvalue weighted by molar-refractivity contribution is 9.10. The van der Waals surface area contributed by atoms with Crippen LogP contribution in [0.15, 0.2) is 52.1 Å². The number of halogens is 1. The molecule has 2 heterocycles. The van der Waals surface area contributed by atoms with Gasteiger partial charge in [0.05, 0.1) is 5.56 Å². The van der Waals surface area contributed by atoms with E-state index in [4.69, 9.17) is 9.84 Å². The SMILES string of the molecule is CCCCSc1nnc2c(n1)O[C@H](c1ccc(C(=O)O)cc1)Nc1ccc(Br)cc1-2. The van der Waals surface area contributed by atoms with E-state index in [1.807, 2.05) is 18.2 Å². The van der Waals surface area contributed by atoms with Crippen molar-refractivity contribution in [3.05, 3.63) is 58.1 Å². The van der Waals surface area contributed by atoms with Crippen molar-refractivity contribution in [2.75, 3.05) is 11.1 Å². The molecule has 7 nitrogen and oxygen atoms in total. The first-order chi connectivity index (χ1) is 14.5. The Hall–Kier alpha value is -2.65. The molecule has 2 aromatic carbocycles. The summed E-state index contributed by atoms with van der Waals surface area (Å²) in [5, 5.41) is 21.8. The third-order valence-electron chi connectivity index (χ3n) is 4.58. The van der Waals surface area contributed by atoms with Crippen molar-refractivity contribution in [2.45, 2.75) is 31.1 Å². The molecule has 30 heavy (non-hydrogen) atoms. The number of carboxylic acid groups (broad SMARTS) is 1. The lowest BCUT2D eigenvalue weighted by Crippen LogP contribution is -2.17. The molecule has 1 aromatic heterocycles. The molecular formula is C21H19BrN4O3S. The van der Waals surface area contributed by atoms with Crippen LogP contribution in [0.5, 0.6) is 5.88 Å². The van der Waals surface area contributed by atoms with Crippen LogP contribution in [0, 0.1) is 0 Å². The van der Waals surface area contributed by atoms with Crippen molar-refractivity contribution >= 4 is 39.3 Å². The van der Waals surface area contributed by atoms with Crippen molar-refractivity contribution in [2.24, 2.45) is 0 Å². The topological polar surface area (TPSA) is 97.2 Å². The average Bonchev–Trinajstić information content (AvgIpc) is 2.90. The summed E-state index contributed by atoms with van der Waals surface area (Å²) in [4.78, 5) is 15.8. The number of nitrogens with one attached hydrogen (secondary N) is 1. The minimum Gasteiger partial charge on any atom is -0.478 e. The minimum absolute atomic E-state index is 0.218. The van der Waals surface area contributed by atoms with Crippen molar-refractivity contribution < 1.29 is 14.6 Å². The summed E-state index contributed by atoms with van der Waals surface area (Å²) in [5.74, 6) is 0.334. The number of benzene rings is 2. The number of aromatic carboxylic acids is 1. The van der Waals surface area contributed by atoms with Gasteiger partial charge in [-0.1, -0.05) is 53.2 Å². The summed E-state index contributed by atoms with van der Waals surface area (Å²) in [6, 6.07) is 12.4. The van der Waals surface area contributed by atoms with Gasteiger partial charge in [0, 0.05) is 27.0 Å². The van der Waals surface area contributed by atoms with Crippen LogP contribution in [0.2, 0.25) is 0 Å². The number of carboxylic acids is 1. The van der Waals surface area contributed by atoms with Crippen LogP contribution in [0.3, 0.4) is 0 Å². The molecule has 2 N–H and O–H groups in total. The van der Waals surface area contributed by atoms with Crippen LogP contribution in [0.1, 0.15) is 41.9 Å². The molecule has 0 saturated carbocycles. The lowest BCUT2D eigenvalue weighted by atomic mass is 10.1. The van der Waals surface area contributed by atoms with E-state index in [0.29, 0.717) is 16.7 Å². The molecule has 0 saturated heterocycles. The number of rotatable bonds is 6. The molecule has 154 valence electrons. The third-order valence-corrected chi connectivity index (χ3v) is 5.99. The van der Waals surface area contributed by atoms with Crippen molar-refractivity contribution in [3.63, 3.8) is 0 Å². The second-order valence-electron chi connectivity index (χ2n) is 6.71. The van der Waals surface area contributed by atoms with Crippen LogP contribution in [0.25, 0.3) is 11.3 Å². The Bertz CT molecular complexity index is 1080. The molecule has 0 aliphatic carbocycles. The fourth-order valence-electron chi connectivity index (χ4n) is 2.99. The van der Waals surface area contributed by atoms with E-state index in [1.54, 1.807) is 36.0 Å². The van der Waals surface area contributed by atoms with E-state index in [9.17, 15) is 4.79 Å². The first-order valence-electron chi connectivity index (χ1n) is 9.49. The molecule has 0 spiro atoms. The highest BCUT2D eigenvalue weighted by Crippen LogP contribution is 2.40. The van der Waals surface area contributed by atoms with Crippen LogP contribution in [-0.2, 0) is 0 Å². The molecule has 0 radical (unpaired) electrons. The first kappa shape index (κ1) is 20.6. The Kier molecular flexibility index (Phi) is 6.19. The van der Waals surface area contributed by atoms with Gasteiger partial charge in [0.1, 0.15) is 0 Å². The Morgan fingerprint density at radius 3 is 2.77 bits per heavy atom. The van der Waals surface area contributed by atoms with Gasteiger partial charge in [0.2, 0.25) is 11.0 Å². The fourth-order valence-corrected chi connectivity index (χ4v) is 4.21. The van der Waals surface area contributed by atoms with E-state index in [0.717, 1.165) is 39.9 Å². The highest BCUT2D eigenvalue weighted by Gasteiger charge is 2.26. The fraction of sp³-hybridized carbons (Fsp3) is 0.238. The average molecular weight is 487 g/mol. The number of unbranched alkanes of at least 4 members (excludes halogenated alkanes) is 1.